The van der Waals surface area contributed by atoms with Crippen LogP contribution in [0, 0.1) is 0 Å². The second-order valence-electron chi connectivity index (χ2n) is 6.87. The molecule has 0 amide bonds. The van der Waals surface area contributed by atoms with Crippen LogP contribution in [-0.2, 0) is 0 Å². The second-order valence-corrected chi connectivity index (χ2v) is 11.5. The van der Waals surface area contributed by atoms with Gasteiger partial charge in [0.2, 0.25) is 0 Å². The molecular formula is C19H24Si. The van der Waals surface area contributed by atoms with Crippen LogP contribution in [0.1, 0.15) is 43.9 Å². The van der Waals surface area contributed by atoms with Gasteiger partial charge in [0.15, 0.2) is 0 Å². The SMILES string of the molecule is CC1=C(C)C(C)=C([Si](C)(C)C2C=Cc3ccccc32)C1. The molecule has 2 aliphatic rings. The van der Waals surface area contributed by atoms with Crippen LogP contribution in [0.3, 0.4) is 0 Å². The highest BCUT2D eigenvalue weighted by Gasteiger charge is 2.40. The van der Waals surface area contributed by atoms with E-state index in [4.69, 9.17) is 0 Å². The van der Waals surface area contributed by atoms with Crippen LogP contribution in [0.4, 0.5) is 0 Å². The Balaban J connectivity index is 2.02. The zero-order valence-electron chi connectivity index (χ0n) is 13.2. The molecule has 0 saturated heterocycles. The Morgan fingerprint density at radius 2 is 1.70 bits per heavy atom. The molecule has 20 heavy (non-hydrogen) atoms. The average Bonchev–Trinajstić information content (AvgIpc) is 2.96. The molecule has 0 N–H and O–H groups in total. The molecule has 0 aliphatic heterocycles. The topological polar surface area (TPSA) is 0 Å². The Labute approximate surface area is 123 Å². The van der Waals surface area contributed by atoms with Crippen molar-refractivity contribution in [3.8, 4) is 0 Å². The van der Waals surface area contributed by atoms with Gasteiger partial charge in [0.05, 0.1) is 8.07 Å². The molecule has 2 aliphatic carbocycles. The van der Waals surface area contributed by atoms with E-state index in [1.165, 1.54) is 17.6 Å². The Kier molecular flexibility index (Phi) is 3.13. The van der Waals surface area contributed by atoms with Gasteiger partial charge >= 0.3 is 0 Å². The van der Waals surface area contributed by atoms with Crippen molar-refractivity contribution in [2.45, 2.75) is 45.8 Å². The summed E-state index contributed by atoms with van der Waals surface area (Å²) in [6, 6.07) is 8.91. The van der Waals surface area contributed by atoms with Crippen molar-refractivity contribution in [3.05, 3.63) is 63.4 Å². The largest absolute Gasteiger partial charge is 0.0876 e. The number of allylic oxidation sites excluding steroid dienone is 5. The van der Waals surface area contributed by atoms with Crippen molar-refractivity contribution in [3.63, 3.8) is 0 Å². The van der Waals surface area contributed by atoms with Gasteiger partial charge in [-0.25, -0.2) is 0 Å². The minimum Gasteiger partial charge on any atom is -0.0788 e. The van der Waals surface area contributed by atoms with E-state index in [-0.39, 0.29) is 0 Å². The molecule has 1 unspecified atom stereocenters. The third-order valence-electron chi connectivity index (χ3n) is 5.45. The van der Waals surface area contributed by atoms with Crippen LogP contribution in [0.15, 0.2) is 52.3 Å². The summed E-state index contributed by atoms with van der Waals surface area (Å²) in [4.78, 5) is 0. The average molecular weight is 280 g/mol. The fourth-order valence-corrected chi connectivity index (χ4v) is 7.72. The van der Waals surface area contributed by atoms with Gasteiger partial charge < -0.3 is 0 Å². The van der Waals surface area contributed by atoms with Crippen LogP contribution in [0.2, 0.25) is 13.1 Å². The van der Waals surface area contributed by atoms with Crippen molar-refractivity contribution in [2.75, 3.05) is 0 Å². The molecule has 0 aromatic heterocycles. The highest BCUT2D eigenvalue weighted by Crippen LogP contribution is 2.45. The van der Waals surface area contributed by atoms with Gasteiger partial charge in [0, 0.05) is 5.54 Å². The van der Waals surface area contributed by atoms with Crippen LogP contribution < -0.4 is 0 Å². The molecule has 0 radical (unpaired) electrons. The lowest BCUT2D eigenvalue weighted by atomic mass is 10.1. The smallest absolute Gasteiger partial charge is 0.0788 e. The van der Waals surface area contributed by atoms with Gasteiger partial charge in [0.25, 0.3) is 0 Å². The molecule has 1 atom stereocenters. The van der Waals surface area contributed by atoms with Gasteiger partial charge in [-0.05, 0) is 43.9 Å². The molecule has 0 nitrogen and oxygen atoms in total. The minimum absolute atomic E-state index is 0.641. The molecule has 1 aromatic rings. The summed E-state index contributed by atoms with van der Waals surface area (Å²) in [6.07, 6.45) is 6.00. The molecule has 104 valence electrons. The van der Waals surface area contributed by atoms with Gasteiger partial charge in [-0.2, -0.15) is 0 Å². The molecule has 0 spiro atoms. The van der Waals surface area contributed by atoms with E-state index in [2.05, 4.69) is 70.3 Å². The van der Waals surface area contributed by atoms with E-state index >= 15 is 0 Å². The molecule has 0 saturated carbocycles. The van der Waals surface area contributed by atoms with E-state index in [1.807, 2.05) is 0 Å². The summed E-state index contributed by atoms with van der Waals surface area (Å²) < 4.78 is 0. The maximum absolute atomic E-state index is 2.55. The van der Waals surface area contributed by atoms with E-state index in [1.54, 1.807) is 21.9 Å². The van der Waals surface area contributed by atoms with Crippen LogP contribution in [0.25, 0.3) is 6.08 Å². The third kappa shape index (κ3) is 1.88. The lowest BCUT2D eigenvalue weighted by molar-refractivity contribution is 1.11. The molecule has 1 aromatic carbocycles. The zero-order chi connectivity index (χ0) is 14.5. The fourth-order valence-electron chi connectivity index (χ4n) is 3.85. The Morgan fingerprint density at radius 1 is 1.00 bits per heavy atom. The Morgan fingerprint density at radius 3 is 2.35 bits per heavy atom. The van der Waals surface area contributed by atoms with E-state index in [9.17, 15) is 0 Å². The van der Waals surface area contributed by atoms with Crippen LogP contribution in [-0.4, -0.2) is 8.07 Å². The Hall–Kier alpha value is -1.34. The Bertz CT molecular complexity index is 656. The van der Waals surface area contributed by atoms with Crippen molar-refractivity contribution in [2.24, 2.45) is 0 Å². The number of hydrogen-bond donors (Lipinski definition) is 0. The summed E-state index contributed by atoms with van der Waals surface area (Å²) in [5.41, 5.74) is 8.31. The van der Waals surface area contributed by atoms with Crippen LogP contribution >= 0.6 is 0 Å². The van der Waals surface area contributed by atoms with Crippen molar-refractivity contribution in [1.82, 2.24) is 0 Å². The maximum atomic E-state index is 2.55. The first-order valence-electron chi connectivity index (χ1n) is 7.57. The predicted octanol–water partition coefficient (Wildman–Crippen LogP) is 5.64. The summed E-state index contributed by atoms with van der Waals surface area (Å²) in [7, 11) is -1.48. The van der Waals surface area contributed by atoms with E-state index < -0.39 is 8.07 Å². The minimum atomic E-state index is -1.48. The van der Waals surface area contributed by atoms with E-state index in [0.717, 1.165) is 0 Å². The first-order chi connectivity index (χ1) is 9.43. The summed E-state index contributed by atoms with van der Waals surface area (Å²) in [5, 5.41) is 1.76. The normalized spacial score (nSPS) is 21.9. The fraction of sp³-hybridized carbons (Fsp3) is 0.368. The van der Waals surface area contributed by atoms with Gasteiger partial charge in [-0.3, -0.25) is 0 Å². The zero-order valence-corrected chi connectivity index (χ0v) is 14.2. The molecular weight excluding hydrogens is 256 g/mol. The third-order valence-corrected chi connectivity index (χ3v) is 9.62. The van der Waals surface area contributed by atoms with Crippen molar-refractivity contribution >= 4 is 14.1 Å². The van der Waals surface area contributed by atoms with Crippen molar-refractivity contribution < 1.29 is 0 Å². The summed E-state index contributed by atoms with van der Waals surface area (Å²) in [6.45, 7) is 12.0. The molecule has 3 rings (SSSR count). The lowest BCUT2D eigenvalue weighted by Crippen LogP contribution is -2.36. The quantitative estimate of drug-likeness (QED) is 0.615. The maximum Gasteiger partial charge on any atom is 0.0876 e. The van der Waals surface area contributed by atoms with Crippen LogP contribution in [0.5, 0.6) is 0 Å². The van der Waals surface area contributed by atoms with Crippen molar-refractivity contribution in [1.29, 1.82) is 0 Å². The lowest BCUT2D eigenvalue weighted by Gasteiger charge is -2.32. The summed E-state index contributed by atoms with van der Waals surface area (Å²) >= 11 is 0. The second kappa shape index (κ2) is 4.59. The number of benzene rings is 1. The molecule has 1 heteroatoms. The highest BCUT2D eigenvalue weighted by molar-refractivity contribution is 6.86. The molecule has 0 fully saturated rings. The number of fused-ring (bicyclic) bond motifs is 1. The monoisotopic (exact) mass is 280 g/mol. The first-order valence-corrected chi connectivity index (χ1v) is 10.6. The first kappa shape index (κ1) is 13.6. The highest BCUT2D eigenvalue weighted by atomic mass is 28.3. The predicted molar refractivity (Wildman–Crippen MR) is 91.4 cm³/mol. The number of rotatable bonds is 2. The molecule has 0 bridgehead atoms. The van der Waals surface area contributed by atoms with E-state index in [0.29, 0.717) is 5.54 Å². The standard InChI is InChI=1S/C19H24Si/c1-13-12-19(15(3)14(13)2)20(4,5)18-11-10-16-8-6-7-9-17(16)18/h6-11,18H,12H2,1-5H3. The van der Waals surface area contributed by atoms with Gasteiger partial charge in [0.1, 0.15) is 0 Å². The summed E-state index contributed by atoms with van der Waals surface area (Å²) in [5.74, 6) is 0. The number of hydrogen-bond acceptors (Lipinski definition) is 0. The van der Waals surface area contributed by atoms with Gasteiger partial charge in [-0.1, -0.05) is 65.9 Å². The molecule has 0 heterocycles. The van der Waals surface area contributed by atoms with Gasteiger partial charge in [-0.15, -0.1) is 0 Å².